The normalized spacial score (nSPS) is 26.6. The molecule has 10 nitrogen and oxygen atoms in total. The molecular weight excluding hydrogens is 514 g/mol. The number of likely N-dealkylation sites (N-methyl/N-ethyl adjacent to an activating group) is 1. The monoisotopic (exact) mass is 555 g/mol. The standard InChI is InChI=1S/C30H41N3O7/c1-14(2)11-33(12-15(3)4)13-16-7-8-20(34)22-18(16)9-17-10-19-24(32(5)6)26(36)23(29(31)39)28(38)30(19,40)27(37)21(17)25(22)35/h7-8,14-15,17,19,24,34,36-37,40H,9-13H2,1-6H3,(H2,31,39)/t17-,19-,24-,30+/m1/s1. The predicted molar refractivity (Wildman–Crippen MR) is 149 cm³/mol. The van der Waals surface area contributed by atoms with Crippen LogP contribution in [0.1, 0.15) is 55.6 Å². The summed E-state index contributed by atoms with van der Waals surface area (Å²) in [5, 5.41) is 44.9. The molecule has 3 aliphatic carbocycles. The molecule has 0 aliphatic heterocycles. The minimum atomic E-state index is -2.64. The number of carbonyl (C=O) groups is 3. The van der Waals surface area contributed by atoms with E-state index in [1.807, 2.05) is 6.07 Å². The molecule has 6 N–H and O–H groups in total. The third-order valence-electron chi connectivity index (χ3n) is 8.34. The van der Waals surface area contributed by atoms with Gasteiger partial charge < -0.3 is 26.2 Å². The molecular formula is C30H41N3O7. The van der Waals surface area contributed by atoms with Gasteiger partial charge in [0.05, 0.1) is 11.6 Å². The van der Waals surface area contributed by atoms with Crippen LogP contribution in [0.4, 0.5) is 0 Å². The van der Waals surface area contributed by atoms with E-state index in [9.17, 15) is 34.8 Å². The summed E-state index contributed by atoms with van der Waals surface area (Å²) in [4.78, 5) is 43.3. The molecule has 0 heterocycles. The Morgan fingerprint density at radius 2 is 1.68 bits per heavy atom. The third-order valence-corrected chi connectivity index (χ3v) is 8.34. The second kappa shape index (κ2) is 10.6. The van der Waals surface area contributed by atoms with Gasteiger partial charge >= 0.3 is 0 Å². The quantitative estimate of drug-likeness (QED) is 0.303. The molecule has 0 aromatic heterocycles. The van der Waals surface area contributed by atoms with Gasteiger partial charge in [0.1, 0.15) is 22.8 Å². The van der Waals surface area contributed by atoms with E-state index in [1.54, 1.807) is 19.0 Å². The molecule has 0 bridgehead atoms. The molecule has 0 unspecified atom stereocenters. The Bertz CT molecular complexity index is 1300. The molecule has 0 saturated heterocycles. The van der Waals surface area contributed by atoms with Crippen molar-refractivity contribution in [2.24, 2.45) is 29.4 Å². The molecule has 0 radical (unpaired) electrons. The molecule has 40 heavy (non-hydrogen) atoms. The van der Waals surface area contributed by atoms with Crippen molar-refractivity contribution in [1.29, 1.82) is 0 Å². The summed E-state index contributed by atoms with van der Waals surface area (Å²) in [6.07, 6.45) is 0.359. The number of aromatic hydroxyl groups is 1. The molecule has 0 fully saturated rings. The van der Waals surface area contributed by atoms with Gasteiger partial charge in [0.15, 0.2) is 11.4 Å². The highest BCUT2D eigenvalue weighted by Crippen LogP contribution is 2.52. The molecule has 1 aromatic rings. The van der Waals surface area contributed by atoms with Gasteiger partial charge in [-0.3, -0.25) is 24.2 Å². The number of phenolic OH excluding ortho intramolecular Hbond substituents is 1. The van der Waals surface area contributed by atoms with Crippen molar-refractivity contribution in [3.05, 3.63) is 51.5 Å². The number of hydrogen-bond acceptors (Lipinski definition) is 9. The fourth-order valence-electron chi connectivity index (χ4n) is 6.94. The van der Waals surface area contributed by atoms with Crippen molar-refractivity contribution < 1.29 is 34.8 Å². The number of ketones is 2. The molecule has 3 aliphatic rings. The number of hydrogen-bond donors (Lipinski definition) is 5. The van der Waals surface area contributed by atoms with Crippen molar-refractivity contribution >= 4 is 17.5 Å². The van der Waals surface area contributed by atoms with Crippen LogP contribution >= 0.6 is 0 Å². The van der Waals surface area contributed by atoms with Gasteiger partial charge in [0.2, 0.25) is 5.78 Å². The van der Waals surface area contributed by atoms with Gasteiger partial charge in [-0.25, -0.2) is 0 Å². The number of fused-ring (bicyclic) bond motifs is 3. The van der Waals surface area contributed by atoms with E-state index in [-0.39, 0.29) is 29.7 Å². The number of allylic oxidation sites excluding steroid dienone is 1. The van der Waals surface area contributed by atoms with Gasteiger partial charge in [0.25, 0.3) is 5.91 Å². The third kappa shape index (κ3) is 4.71. The van der Waals surface area contributed by atoms with Crippen molar-refractivity contribution in [2.45, 2.75) is 58.7 Å². The SMILES string of the molecule is CC(C)CN(Cc1ccc(O)c2c1C[C@@H]1C[C@@H]3[C@@H](N(C)C)C(O)=C(C(N)=O)C(=O)[C@@]3(O)C(O)=C1C2=O)CC(C)C. The highest BCUT2D eigenvalue weighted by molar-refractivity contribution is 6.24. The van der Waals surface area contributed by atoms with Crippen LogP contribution in [0.15, 0.2) is 34.8 Å². The molecule has 10 heteroatoms. The summed E-state index contributed by atoms with van der Waals surface area (Å²) in [7, 11) is 3.23. The molecule has 1 amide bonds. The van der Waals surface area contributed by atoms with Crippen molar-refractivity contribution in [3.8, 4) is 5.75 Å². The van der Waals surface area contributed by atoms with Gasteiger partial charge in [-0.2, -0.15) is 0 Å². The van der Waals surface area contributed by atoms with E-state index >= 15 is 0 Å². The number of aliphatic hydroxyl groups excluding tert-OH is 2. The zero-order chi connectivity index (χ0) is 29.8. The first-order valence-electron chi connectivity index (χ1n) is 13.8. The molecule has 218 valence electrons. The number of aliphatic hydroxyl groups is 3. The first-order valence-corrected chi connectivity index (χ1v) is 13.8. The number of phenols is 1. The Morgan fingerprint density at radius 3 is 2.20 bits per heavy atom. The molecule has 0 saturated carbocycles. The van der Waals surface area contributed by atoms with Crippen LogP contribution in [0.2, 0.25) is 0 Å². The van der Waals surface area contributed by atoms with Crippen molar-refractivity contribution in [1.82, 2.24) is 9.80 Å². The lowest BCUT2D eigenvalue weighted by Gasteiger charge is -2.50. The van der Waals surface area contributed by atoms with Gasteiger partial charge in [-0.1, -0.05) is 33.8 Å². The Hall–Kier alpha value is -3.21. The Morgan fingerprint density at radius 1 is 1.07 bits per heavy atom. The number of benzene rings is 1. The number of amides is 1. The summed E-state index contributed by atoms with van der Waals surface area (Å²) in [5.41, 5.74) is 3.41. The van der Waals surface area contributed by atoms with Crippen LogP contribution in [0.3, 0.4) is 0 Å². The molecule has 1 aromatic carbocycles. The minimum absolute atomic E-state index is 0.0484. The maximum absolute atomic E-state index is 13.9. The number of carbonyl (C=O) groups excluding carboxylic acids is 3. The van der Waals surface area contributed by atoms with Crippen LogP contribution < -0.4 is 5.73 Å². The van der Waals surface area contributed by atoms with E-state index in [2.05, 4.69) is 32.6 Å². The Labute approximate surface area is 234 Å². The van der Waals surface area contributed by atoms with Crippen molar-refractivity contribution in [3.63, 3.8) is 0 Å². The van der Waals surface area contributed by atoms with E-state index in [4.69, 9.17) is 5.73 Å². The summed E-state index contributed by atoms with van der Waals surface area (Å²) >= 11 is 0. The molecule has 0 spiro atoms. The maximum Gasteiger partial charge on any atom is 0.255 e. The average Bonchev–Trinajstić information content (AvgIpc) is 2.81. The van der Waals surface area contributed by atoms with Crippen LogP contribution in [-0.4, -0.2) is 86.5 Å². The number of nitrogens with two attached hydrogens (primary N) is 1. The second-order valence-corrected chi connectivity index (χ2v) is 12.5. The average molecular weight is 556 g/mol. The predicted octanol–water partition coefficient (Wildman–Crippen LogP) is 2.23. The molecule has 4 rings (SSSR count). The fourth-order valence-corrected chi connectivity index (χ4v) is 6.94. The zero-order valence-corrected chi connectivity index (χ0v) is 24.1. The zero-order valence-electron chi connectivity index (χ0n) is 24.1. The Kier molecular flexibility index (Phi) is 7.92. The van der Waals surface area contributed by atoms with Gasteiger partial charge in [-0.05, 0) is 61.9 Å². The first kappa shape index (κ1) is 29.8. The highest BCUT2D eigenvalue weighted by atomic mass is 16.3. The topological polar surface area (TPSA) is 165 Å². The van der Waals surface area contributed by atoms with Gasteiger partial charge in [0, 0.05) is 31.1 Å². The Balaban J connectivity index is 1.85. The first-order chi connectivity index (χ1) is 18.6. The number of Topliss-reactive ketones (excluding diaryl/α,β-unsaturated/α-hetero) is 2. The van der Waals surface area contributed by atoms with E-state index in [0.717, 1.165) is 18.7 Å². The number of nitrogens with zero attached hydrogens (tertiary/aromatic N) is 2. The summed E-state index contributed by atoms with van der Waals surface area (Å²) in [6.45, 7) is 10.9. The van der Waals surface area contributed by atoms with Crippen LogP contribution in [0.5, 0.6) is 5.75 Å². The minimum Gasteiger partial charge on any atom is -0.510 e. The lowest BCUT2D eigenvalue weighted by Crippen LogP contribution is -2.63. The van der Waals surface area contributed by atoms with E-state index in [1.165, 1.54) is 6.07 Å². The van der Waals surface area contributed by atoms with Crippen LogP contribution in [0, 0.1) is 23.7 Å². The second-order valence-electron chi connectivity index (χ2n) is 12.5. The highest BCUT2D eigenvalue weighted by Gasteiger charge is 2.63. The lowest BCUT2D eigenvalue weighted by molar-refractivity contribution is -0.148. The van der Waals surface area contributed by atoms with E-state index in [0.29, 0.717) is 23.9 Å². The van der Waals surface area contributed by atoms with E-state index < -0.39 is 58.0 Å². The summed E-state index contributed by atoms with van der Waals surface area (Å²) < 4.78 is 0. The fraction of sp³-hybridized carbons (Fsp3) is 0.567. The van der Waals surface area contributed by atoms with Gasteiger partial charge in [-0.15, -0.1) is 0 Å². The number of primary amides is 1. The smallest absolute Gasteiger partial charge is 0.255 e. The van der Waals surface area contributed by atoms with Crippen LogP contribution in [-0.2, 0) is 22.6 Å². The van der Waals surface area contributed by atoms with Crippen LogP contribution in [0.25, 0.3) is 0 Å². The molecule has 4 atom stereocenters. The largest absolute Gasteiger partial charge is 0.510 e. The van der Waals surface area contributed by atoms with Crippen molar-refractivity contribution in [2.75, 3.05) is 27.2 Å². The number of rotatable bonds is 8. The summed E-state index contributed by atoms with van der Waals surface area (Å²) in [6, 6.07) is 2.28. The maximum atomic E-state index is 13.9. The lowest BCUT2D eigenvalue weighted by atomic mass is 9.58. The summed E-state index contributed by atoms with van der Waals surface area (Å²) in [5.74, 6) is -5.59.